The fourth-order valence-corrected chi connectivity index (χ4v) is 3.60. The maximum atomic E-state index is 12.7. The van der Waals surface area contributed by atoms with Gasteiger partial charge in [-0.2, -0.15) is 0 Å². The van der Waals surface area contributed by atoms with E-state index < -0.39 is 0 Å². The molecule has 1 heterocycles. The third kappa shape index (κ3) is 3.98. The van der Waals surface area contributed by atoms with Crippen molar-refractivity contribution in [3.8, 4) is 0 Å². The third-order valence-electron chi connectivity index (χ3n) is 3.87. The van der Waals surface area contributed by atoms with Gasteiger partial charge in [0.05, 0.1) is 16.2 Å². The van der Waals surface area contributed by atoms with E-state index in [1.165, 1.54) is 16.3 Å². The summed E-state index contributed by atoms with van der Waals surface area (Å²) in [7, 11) is 1.71. The van der Waals surface area contributed by atoms with Gasteiger partial charge < -0.3 is 4.90 Å². The van der Waals surface area contributed by atoms with E-state index in [2.05, 4.69) is 18.8 Å². The lowest BCUT2D eigenvalue weighted by Crippen LogP contribution is -2.38. The molecule has 0 aliphatic rings. The number of amides is 1. The van der Waals surface area contributed by atoms with Gasteiger partial charge in [-0.15, -0.1) is 0 Å². The summed E-state index contributed by atoms with van der Waals surface area (Å²) in [4.78, 5) is 31.6. The third-order valence-corrected chi connectivity index (χ3v) is 5.00. The van der Waals surface area contributed by atoms with Gasteiger partial charge in [-0.05, 0) is 31.9 Å². The lowest BCUT2D eigenvalue weighted by molar-refractivity contribution is -0.130. The lowest BCUT2D eigenvalue weighted by Gasteiger charge is -2.24. The molecule has 1 atom stereocenters. The average Bonchev–Trinajstić information content (AvgIpc) is 2.58. The summed E-state index contributed by atoms with van der Waals surface area (Å²) in [6.07, 6.45) is 1.88. The second kappa shape index (κ2) is 8.33. The van der Waals surface area contributed by atoms with Crippen molar-refractivity contribution in [2.24, 2.45) is 7.05 Å². The van der Waals surface area contributed by atoms with Gasteiger partial charge in [-0.25, -0.2) is 4.98 Å². The molecule has 0 saturated carbocycles. The highest BCUT2D eigenvalue weighted by atomic mass is 32.2. The Hall–Kier alpha value is -1.82. The molecule has 0 unspecified atom stereocenters. The van der Waals surface area contributed by atoms with Crippen molar-refractivity contribution < 1.29 is 4.79 Å². The van der Waals surface area contributed by atoms with Gasteiger partial charge in [0.1, 0.15) is 0 Å². The number of aromatic nitrogens is 2. The van der Waals surface area contributed by atoms with Crippen LogP contribution in [-0.4, -0.2) is 38.7 Å². The summed E-state index contributed by atoms with van der Waals surface area (Å²) in [5, 5.41) is 0.900. The second-order valence-corrected chi connectivity index (χ2v) is 7.17. The number of para-hydroxylation sites is 1. The first-order valence-electron chi connectivity index (χ1n) is 8.40. The Morgan fingerprint density at radius 1 is 1.25 bits per heavy atom. The summed E-state index contributed by atoms with van der Waals surface area (Å²) in [6, 6.07) is 7.30. The molecule has 5 nitrogen and oxygen atoms in total. The molecule has 1 aromatic heterocycles. The SMILES string of the molecule is CCCN(CCC)C(=O)[C@@H](C)Sc1nc2ccccc2c(=O)n1C. The van der Waals surface area contributed by atoms with Gasteiger partial charge in [0, 0.05) is 20.1 Å². The second-order valence-electron chi connectivity index (χ2n) is 5.86. The van der Waals surface area contributed by atoms with Crippen molar-refractivity contribution in [3.63, 3.8) is 0 Å². The summed E-state index contributed by atoms with van der Waals surface area (Å²) >= 11 is 1.35. The predicted octanol–water partition coefficient (Wildman–Crippen LogP) is 3.06. The first-order valence-corrected chi connectivity index (χ1v) is 9.28. The predicted molar refractivity (Wildman–Crippen MR) is 99.5 cm³/mol. The number of thioether (sulfide) groups is 1. The molecule has 6 heteroatoms. The number of fused-ring (bicyclic) bond motifs is 1. The molecule has 0 saturated heterocycles. The van der Waals surface area contributed by atoms with Crippen LogP contribution in [0.5, 0.6) is 0 Å². The minimum atomic E-state index is -0.276. The van der Waals surface area contributed by atoms with E-state index >= 15 is 0 Å². The quantitative estimate of drug-likeness (QED) is 0.570. The number of rotatable bonds is 7. The number of hydrogen-bond acceptors (Lipinski definition) is 4. The van der Waals surface area contributed by atoms with Crippen LogP contribution in [-0.2, 0) is 11.8 Å². The molecule has 0 spiro atoms. The van der Waals surface area contributed by atoms with Gasteiger partial charge in [-0.1, -0.05) is 37.7 Å². The standard InChI is InChI=1S/C18H25N3O2S/c1-5-11-21(12-6-2)16(22)13(3)24-18-19-15-10-8-7-9-14(15)17(23)20(18)4/h7-10,13H,5-6,11-12H2,1-4H3/t13-/m1/s1. The van der Waals surface area contributed by atoms with Crippen LogP contribution in [0.25, 0.3) is 10.9 Å². The van der Waals surface area contributed by atoms with E-state index in [1.54, 1.807) is 13.1 Å². The summed E-state index contributed by atoms with van der Waals surface area (Å²) in [5.74, 6) is 0.103. The summed E-state index contributed by atoms with van der Waals surface area (Å²) in [5.41, 5.74) is 0.587. The molecule has 24 heavy (non-hydrogen) atoms. The van der Waals surface area contributed by atoms with Gasteiger partial charge in [0.2, 0.25) is 5.91 Å². The highest BCUT2D eigenvalue weighted by molar-refractivity contribution is 8.00. The molecule has 130 valence electrons. The van der Waals surface area contributed by atoms with Crippen LogP contribution in [0.15, 0.2) is 34.2 Å². The van der Waals surface area contributed by atoms with Crippen LogP contribution in [0.2, 0.25) is 0 Å². The molecule has 1 aromatic carbocycles. The Bertz CT molecular complexity index is 766. The number of carbonyl (C=O) groups is 1. The lowest BCUT2D eigenvalue weighted by atomic mass is 10.2. The van der Waals surface area contributed by atoms with Gasteiger partial charge in [0.15, 0.2) is 5.16 Å². The molecule has 0 bridgehead atoms. The molecule has 2 rings (SSSR count). The minimum Gasteiger partial charge on any atom is -0.342 e. The Morgan fingerprint density at radius 2 is 1.88 bits per heavy atom. The molecular weight excluding hydrogens is 322 g/mol. The van der Waals surface area contributed by atoms with Crippen LogP contribution >= 0.6 is 11.8 Å². The molecule has 0 N–H and O–H groups in total. The minimum absolute atomic E-state index is 0.0817. The van der Waals surface area contributed by atoms with Crippen molar-refractivity contribution >= 4 is 28.6 Å². The topological polar surface area (TPSA) is 55.2 Å². The van der Waals surface area contributed by atoms with Crippen molar-refractivity contribution in [2.75, 3.05) is 13.1 Å². The zero-order valence-electron chi connectivity index (χ0n) is 14.8. The molecule has 2 aromatic rings. The Labute approximate surface area is 147 Å². The largest absolute Gasteiger partial charge is 0.342 e. The average molecular weight is 347 g/mol. The van der Waals surface area contributed by atoms with E-state index in [9.17, 15) is 9.59 Å². The van der Waals surface area contributed by atoms with Gasteiger partial charge in [0.25, 0.3) is 5.56 Å². The monoisotopic (exact) mass is 347 g/mol. The van der Waals surface area contributed by atoms with Crippen LogP contribution in [0, 0.1) is 0 Å². The number of benzene rings is 1. The fraction of sp³-hybridized carbons (Fsp3) is 0.500. The first-order chi connectivity index (χ1) is 11.5. The van der Waals surface area contributed by atoms with Crippen LogP contribution in [0.1, 0.15) is 33.6 Å². The normalized spacial score (nSPS) is 12.3. The molecule has 0 radical (unpaired) electrons. The number of carbonyl (C=O) groups excluding carboxylic acids is 1. The van der Waals surface area contributed by atoms with E-state index in [0.717, 1.165) is 25.9 Å². The molecule has 1 amide bonds. The van der Waals surface area contributed by atoms with E-state index in [-0.39, 0.29) is 16.7 Å². The van der Waals surface area contributed by atoms with Crippen LogP contribution in [0.3, 0.4) is 0 Å². The van der Waals surface area contributed by atoms with Gasteiger partial charge >= 0.3 is 0 Å². The Morgan fingerprint density at radius 3 is 2.50 bits per heavy atom. The zero-order chi connectivity index (χ0) is 17.7. The van der Waals surface area contributed by atoms with Gasteiger partial charge in [-0.3, -0.25) is 14.2 Å². The number of nitrogens with zero attached hydrogens (tertiary/aromatic N) is 3. The summed E-state index contributed by atoms with van der Waals surface area (Å²) < 4.78 is 1.53. The number of hydrogen-bond donors (Lipinski definition) is 0. The zero-order valence-corrected chi connectivity index (χ0v) is 15.6. The van der Waals surface area contributed by atoms with E-state index in [0.29, 0.717) is 16.1 Å². The molecular formula is C18H25N3O2S. The molecule has 0 aliphatic heterocycles. The van der Waals surface area contributed by atoms with Crippen molar-refractivity contribution in [3.05, 3.63) is 34.6 Å². The maximum Gasteiger partial charge on any atom is 0.261 e. The Kier molecular flexibility index (Phi) is 6.43. The van der Waals surface area contributed by atoms with Crippen molar-refractivity contribution in [1.82, 2.24) is 14.5 Å². The van der Waals surface area contributed by atoms with E-state index in [4.69, 9.17) is 0 Å². The highest BCUT2D eigenvalue weighted by Crippen LogP contribution is 2.23. The van der Waals surface area contributed by atoms with E-state index in [1.807, 2.05) is 30.0 Å². The maximum absolute atomic E-state index is 12.7. The Balaban J connectivity index is 2.26. The summed E-state index contributed by atoms with van der Waals surface area (Å²) in [6.45, 7) is 7.56. The molecule has 0 aliphatic carbocycles. The highest BCUT2D eigenvalue weighted by Gasteiger charge is 2.22. The fourth-order valence-electron chi connectivity index (χ4n) is 2.64. The smallest absolute Gasteiger partial charge is 0.261 e. The van der Waals surface area contributed by atoms with Crippen LogP contribution in [0.4, 0.5) is 0 Å². The van der Waals surface area contributed by atoms with Crippen LogP contribution < -0.4 is 5.56 Å². The van der Waals surface area contributed by atoms with Crippen molar-refractivity contribution in [2.45, 2.75) is 44.0 Å². The van der Waals surface area contributed by atoms with Crippen molar-refractivity contribution in [1.29, 1.82) is 0 Å². The first kappa shape index (κ1) is 18.5. The molecule has 0 fully saturated rings.